The van der Waals surface area contributed by atoms with Crippen LogP contribution >= 0.6 is 0 Å². The lowest BCUT2D eigenvalue weighted by atomic mass is 9.97. The monoisotopic (exact) mass is 408 g/mol. The Kier molecular flexibility index (Phi) is 5.55. The Labute approximate surface area is 165 Å². The predicted molar refractivity (Wildman–Crippen MR) is 105 cm³/mol. The van der Waals surface area contributed by atoms with Gasteiger partial charge in [0.25, 0.3) is 5.56 Å². The first-order valence-electron chi connectivity index (χ1n) is 10.2. The van der Waals surface area contributed by atoms with Crippen molar-refractivity contribution >= 4 is 15.7 Å². The number of fused-ring (bicyclic) bond motifs is 1. The van der Waals surface area contributed by atoms with Gasteiger partial charge in [-0.15, -0.1) is 0 Å². The van der Waals surface area contributed by atoms with Gasteiger partial charge in [0.05, 0.1) is 29.7 Å². The number of carbonyl (C=O) groups is 1. The van der Waals surface area contributed by atoms with Crippen molar-refractivity contribution in [2.45, 2.75) is 38.6 Å². The average molecular weight is 409 g/mol. The standard InChI is InChI=1S/C19H28N4O4S/c24-18-13-15-3-1-2-4-17(15)20-23(18)11-8-21-6-9-22(10-7-21)19(25)16-5-12-28(26,27)14-16/h13,16H,1-12,14H2. The minimum Gasteiger partial charge on any atom is -0.340 e. The van der Waals surface area contributed by atoms with Gasteiger partial charge >= 0.3 is 0 Å². The van der Waals surface area contributed by atoms with Crippen molar-refractivity contribution in [1.29, 1.82) is 0 Å². The number of sulfone groups is 1. The maximum atomic E-state index is 12.5. The molecule has 2 fully saturated rings. The molecule has 1 aromatic rings. The molecule has 3 aliphatic rings. The first-order valence-corrected chi connectivity index (χ1v) is 12.0. The normalized spacial score (nSPS) is 24.9. The summed E-state index contributed by atoms with van der Waals surface area (Å²) in [6, 6.07) is 1.74. The van der Waals surface area contributed by atoms with Crippen molar-refractivity contribution in [1.82, 2.24) is 19.6 Å². The summed E-state index contributed by atoms with van der Waals surface area (Å²) in [6.07, 6.45) is 4.63. The molecule has 1 aliphatic carbocycles. The van der Waals surface area contributed by atoms with Gasteiger partial charge in [-0.3, -0.25) is 14.5 Å². The van der Waals surface area contributed by atoms with E-state index >= 15 is 0 Å². The van der Waals surface area contributed by atoms with Crippen LogP contribution in [-0.4, -0.2) is 78.1 Å². The number of aryl methyl sites for hydroxylation is 2. The summed E-state index contributed by atoms with van der Waals surface area (Å²) in [6.45, 7) is 3.99. The van der Waals surface area contributed by atoms with Gasteiger partial charge < -0.3 is 4.90 Å². The molecule has 0 saturated carbocycles. The Hall–Kier alpha value is -1.74. The molecule has 1 aromatic heterocycles. The van der Waals surface area contributed by atoms with Gasteiger partial charge in [-0.25, -0.2) is 13.1 Å². The molecule has 2 aliphatic heterocycles. The third-order valence-corrected chi connectivity index (χ3v) is 7.94. The second-order valence-corrected chi connectivity index (χ2v) is 10.4. The number of nitrogens with zero attached hydrogens (tertiary/aromatic N) is 4. The zero-order valence-electron chi connectivity index (χ0n) is 16.2. The zero-order valence-corrected chi connectivity index (χ0v) is 17.0. The van der Waals surface area contributed by atoms with E-state index in [1.165, 1.54) is 0 Å². The number of amides is 1. The molecule has 28 heavy (non-hydrogen) atoms. The molecule has 9 heteroatoms. The molecular formula is C19H28N4O4S. The summed E-state index contributed by atoms with van der Waals surface area (Å²) < 4.78 is 24.8. The maximum absolute atomic E-state index is 12.5. The molecule has 1 amide bonds. The Balaban J connectivity index is 1.28. The Morgan fingerprint density at radius 2 is 1.86 bits per heavy atom. The van der Waals surface area contributed by atoms with Crippen LogP contribution in [0, 0.1) is 5.92 Å². The molecule has 0 N–H and O–H groups in total. The first-order chi connectivity index (χ1) is 13.4. The maximum Gasteiger partial charge on any atom is 0.267 e. The smallest absolute Gasteiger partial charge is 0.267 e. The van der Waals surface area contributed by atoms with Gasteiger partial charge in [0.1, 0.15) is 0 Å². The van der Waals surface area contributed by atoms with Gasteiger partial charge in [0.2, 0.25) is 5.91 Å². The summed E-state index contributed by atoms with van der Waals surface area (Å²) in [7, 11) is -3.04. The summed E-state index contributed by atoms with van der Waals surface area (Å²) in [4.78, 5) is 28.9. The molecule has 0 aromatic carbocycles. The van der Waals surface area contributed by atoms with E-state index in [4.69, 9.17) is 0 Å². The number of piperazine rings is 1. The van der Waals surface area contributed by atoms with Crippen LogP contribution in [0.25, 0.3) is 0 Å². The Bertz CT molecular complexity index is 903. The SMILES string of the molecule is O=C(C1CCS(=O)(=O)C1)N1CCN(CCn2nc3c(cc2=O)CCCC3)CC1. The van der Waals surface area contributed by atoms with Crippen LogP contribution in [0.1, 0.15) is 30.5 Å². The molecule has 0 bridgehead atoms. The summed E-state index contributed by atoms with van der Waals surface area (Å²) in [5.41, 5.74) is 2.14. The van der Waals surface area contributed by atoms with E-state index in [9.17, 15) is 18.0 Å². The molecule has 0 spiro atoms. The topological polar surface area (TPSA) is 92.6 Å². The fourth-order valence-electron chi connectivity index (χ4n) is 4.44. The lowest BCUT2D eigenvalue weighted by Gasteiger charge is -2.35. The van der Waals surface area contributed by atoms with Crippen molar-refractivity contribution in [3.63, 3.8) is 0 Å². The summed E-state index contributed by atoms with van der Waals surface area (Å²) >= 11 is 0. The molecule has 4 rings (SSSR count). The van der Waals surface area contributed by atoms with Crippen LogP contribution in [0.2, 0.25) is 0 Å². The zero-order chi connectivity index (χ0) is 19.7. The minimum atomic E-state index is -3.04. The van der Waals surface area contributed by atoms with Gasteiger partial charge in [-0.05, 0) is 37.7 Å². The van der Waals surface area contributed by atoms with Gasteiger partial charge in [-0.2, -0.15) is 5.10 Å². The summed E-state index contributed by atoms with van der Waals surface area (Å²) in [5, 5.41) is 4.56. The van der Waals surface area contributed by atoms with E-state index < -0.39 is 9.84 Å². The largest absolute Gasteiger partial charge is 0.340 e. The fraction of sp³-hybridized carbons (Fsp3) is 0.737. The lowest BCUT2D eigenvalue weighted by Crippen LogP contribution is -2.51. The second-order valence-electron chi connectivity index (χ2n) is 8.15. The molecule has 8 nitrogen and oxygen atoms in total. The Morgan fingerprint density at radius 3 is 2.57 bits per heavy atom. The van der Waals surface area contributed by atoms with Crippen molar-refractivity contribution in [3.05, 3.63) is 27.7 Å². The van der Waals surface area contributed by atoms with E-state index in [1.807, 2.05) is 0 Å². The second kappa shape index (κ2) is 7.94. The average Bonchev–Trinajstić information content (AvgIpc) is 3.06. The van der Waals surface area contributed by atoms with Crippen molar-refractivity contribution in [2.24, 2.45) is 5.92 Å². The van der Waals surface area contributed by atoms with Gasteiger partial charge in [0, 0.05) is 38.8 Å². The molecule has 154 valence electrons. The van der Waals surface area contributed by atoms with Crippen LogP contribution in [0.4, 0.5) is 0 Å². The lowest BCUT2D eigenvalue weighted by molar-refractivity contribution is -0.136. The third-order valence-electron chi connectivity index (χ3n) is 6.17. The number of rotatable bonds is 4. The van der Waals surface area contributed by atoms with Crippen LogP contribution in [0.3, 0.4) is 0 Å². The minimum absolute atomic E-state index is 0.00103. The molecular weight excluding hydrogens is 380 g/mol. The van der Waals surface area contributed by atoms with E-state index in [0.29, 0.717) is 26.1 Å². The number of hydrogen-bond acceptors (Lipinski definition) is 6. The Morgan fingerprint density at radius 1 is 1.11 bits per heavy atom. The van der Waals surface area contributed by atoms with Gasteiger partial charge in [-0.1, -0.05) is 0 Å². The van der Waals surface area contributed by atoms with E-state index in [0.717, 1.165) is 56.6 Å². The van der Waals surface area contributed by atoms with Crippen LogP contribution in [0.5, 0.6) is 0 Å². The highest BCUT2D eigenvalue weighted by atomic mass is 32.2. The van der Waals surface area contributed by atoms with Crippen LogP contribution in [-0.2, 0) is 34.0 Å². The molecule has 1 unspecified atom stereocenters. The van der Waals surface area contributed by atoms with E-state index in [2.05, 4.69) is 10.00 Å². The summed E-state index contributed by atoms with van der Waals surface area (Å²) in [5.74, 6) is -0.256. The van der Waals surface area contributed by atoms with Crippen molar-refractivity contribution in [3.8, 4) is 0 Å². The molecule has 1 atom stereocenters. The quantitative estimate of drug-likeness (QED) is 0.679. The van der Waals surface area contributed by atoms with Gasteiger partial charge in [0.15, 0.2) is 9.84 Å². The van der Waals surface area contributed by atoms with Crippen molar-refractivity contribution in [2.75, 3.05) is 44.2 Å². The van der Waals surface area contributed by atoms with Crippen LogP contribution in [0.15, 0.2) is 10.9 Å². The highest BCUT2D eigenvalue weighted by Gasteiger charge is 2.36. The number of hydrogen-bond donors (Lipinski definition) is 0. The molecule has 3 heterocycles. The fourth-order valence-corrected chi connectivity index (χ4v) is 6.17. The van der Waals surface area contributed by atoms with Crippen LogP contribution < -0.4 is 5.56 Å². The van der Waals surface area contributed by atoms with Crippen molar-refractivity contribution < 1.29 is 13.2 Å². The highest BCUT2D eigenvalue weighted by molar-refractivity contribution is 7.91. The third kappa shape index (κ3) is 4.30. The number of aromatic nitrogens is 2. The molecule has 0 radical (unpaired) electrons. The highest BCUT2D eigenvalue weighted by Crippen LogP contribution is 2.21. The number of carbonyl (C=O) groups excluding carboxylic acids is 1. The first kappa shape index (κ1) is 19.6. The predicted octanol–water partition coefficient (Wildman–Crippen LogP) is -0.299. The van der Waals surface area contributed by atoms with E-state index in [-0.39, 0.29) is 28.9 Å². The molecule has 2 saturated heterocycles. The van der Waals surface area contributed by atoms with E-state index in [1.54, 1.807) is 15.6 Å².